The highest BCUT2D eigenvalue weighted by Crippen LogP contribution is 2.34. The Morgan fingerprint density at radius 2 is 1.68 bits per heavy atom. The highest BCUT2D eigenvalue weighted by molar-refractivity contribution is 7.98. The lowest BCUT2D eigenvalue weighted by Crippen LogP contribution is -2.26. The van der Waals surface area contributed by atoms with Crippen LogP contribution in [0.1, 0.15) is 38.7 Å². The molecule has 0 aliphatic rings. The first-order valence-corrected chi connectivity index (χ1v) is 8.39. The van der Waals surface area contributed by atoms with Gasteiger partial charge in [0.05, 0.1) is 10.5 Å². The minimum absolute atomic E-state index is 0.0607. The van der Waals surface area contributed by atoms with Crippen molar-refractivity contribution in [1.29, 1.82) is 0 Å². The second kappa shape index (κ2) is 8.58. The minimum Gasteiger partial charge on any atom is -0.314 e. The zero-order chi connectivity index (χ0) is 16.9. The molecule has 0 fully saturated rings. The van der Waals surface area contributed by atoms with Crippen molar-refractivity contribution in [1.82, 2.24) is 5.32 Å². The van der Waals surface area contributed by atoms with Crippen LogP contribution in [0.4, 0.5) is 17.6 Å². The average molecular weight is 335 g/mol. The lowest BCUT2D eigenvalue weighted by Gasteiger charge is -2.16. The van der Waals surface area contributed by atoms with Gasteiger partial charge in [-0.15, -0.1) is 11.8 Å². The molecule has 1 aromatic carbocycles. The summed E-state index contributed by atoms with van der Waals surface area (Å²) in [6.45, 7) is 8.39. The van der Waals surface area contributed by atoms with Gasteiger partial charge in [0.25, 0.3) is 0 Å². The Bertz CT molecular complexity index is 516. The molecule has 22 heavy (non-hydrogen) atoms. The van der Waals surface area contributed by atoms with Crippen molar-refractivity contribution in [3.8, 4) is 0 Å². The normalized spacial score (nSPS) is 12.5. The van der Waals surface area contributed by atoms with E-state index in [4.69, 9.17) is 0 Å². The minimum atomic E-state index is -1.37. The van der Waals surface area contributed by atoms with E-state index in [1.165, 1.54) is 6.26 Å². The van der Waals surface area contributed by atoms with Crippen molar-refractivity contribution in [2.24, 2.45) is 0 Å². The molecule has 0 saturated heterocycles. The summed E-state index contributed by atoms with van der Waals surface area (Å²) in [5.74, 6) is -5.47. The number of benzene rings is 1. The first kappa shape index (κ1) is 19.0. The number of halogens is 4. The molecule has 1 N–H and O–H groups in total. The van der Waals surface area contributed by atoms with Crippen LogP contribution in [0.5, 0.6) is 0 Å². The predicted molar refractivity (Wildman–Crippen MR) is 84.1 cm³/mol. The van der Waals surface area contributed by atoms with Crippen LogP contribution in [0, 0.1) is 23.3 Å². The van der Waals surface area contributed by atoms with E-state index in [2.05, 4.69) is 11.9 Å². The van der Waals surface area contributed by atoms with Crippen molar-refractivity contribution in [2.45, 2.75) is 44.0 Å². The number of rotatable bonds is 8. The smallest absolute Gasteiger partial charge is 0.176 e. The Hall–Kier alpha value is -1.01. The van der Waals surface area contributed by atoms with Crippen molar-refractivity contribution >= 4 is 17.3 Å². The maximum atomic E-state index is 14.0. The van der Waals surface area contributed by atoms with Gasteiger partial charge in [-0.05, 0) is 44.6 Å². The largest absolute Gasteiger partial charge is 0.314 e. The van der Waals surface area contributed by atoms with Gasteiger partial charge in [-0.1, -0.05) is 13.5 Å². The molecule has 0 aliphatic carbocycles. The molecule has 0 bridgehead atoms. The third-order valence-corrected chi connectivity index (χ3v) is 4.17. The van der Waals surface area contributed by atoms with Gasteiger partial charge in [0, 0.05) is 6.04 Å². The fourth-order valence-corrected chi connectivity index (χ4v) is 2.65. The molecule has 0 amide bonds. The van der Waals surface area contributed by atoms with Crippen molar-refractivity contribution in [2.75, 3.05) is 12.8 Å². The summed E-state index contributed by atoms with van der Waals surface area (Å²) in [6.07, 6.45) is 3.16. The molecule has 0 saturated carbocycles. The number of thioether (sulfide) groups is 1. The van der Waals surface area contributed by atoms with Crippen LogP contribution < -0.4 is 5.32 Å². The lowest BCUT2D eigenvalue weighted by atomic mass is 9.99. The Morgan fingerprint density at radius 3 is 2.14 bits per heavy atom. The van der Waals surface area contributed by atoms with E-state index in [1.54, 1.807) is 0 Å². The Balaban J connectivity index is 2.95. The first-order valence-electron chi connectivity index (χ1n) is 7.16. The van der Waals surface area contributed by atoms with Crippen LogP contribution in [-0.2, 0) is 0 Å². The van der Waals surface area contributed by atoms with Crippen molar-refractivity contribution in [3.63, 3.8) is 0 Å². The second-order valence-electron chi connectivity index (χ2n) is 5.16. The van der Waals surface area contributed by atoms with Gasteiger partial charge < -0.3 is 5.32 Å². The molecule has 0 radical (unpaired) electrons. The van der Waals surface area contributed by atoms with Crippen LogP contribution in [0.15, 0.2) is 11.5 Å². The molecule has 0 heterocycles. The molecule has 1 unspecified atom stereocenters. The number of allylic oxidation sites excluding steroid dienone is 1. The van der Waals surface area contributed by atoms with E-state index < -0.39 is 33.7 Å². The van der Waals surface area contributed by atoms with Crippen molar-refractivity contribution in [3.05, 3.63) is 35.4 Å². The molecule has 1 rings (SSSR count). The standard InChI is InChI=1S/C16H21F4NS/c1-5-8-21-10(3)7-6-9(2)11-12(17)14(19)16(22-4)15(20)13(11)18/h10,21H,2,5-8H2,1,3-4H3. The third-order valence-electron chi connectivity index (χ3n) is 3.40. The van der Waals surface area contributed by atoms with Crippen LogP contribution in [-0.4, -0.2) is 18.8 Å². The Labute approximate surface area is 133 Å². The van der Waals surface area contributed by atoms with E-state index in [1.807, 2.05) is 13.8 Å². The summed E-state index contributed by atoms with van der Waals surface area (Å²) in [7, 11) is 0. The van der Waals surface area contributed by atoms with Gasteiger partial charge in [0.2, 0.25) is 0 Å². The zero-order valence-corrected chi connectivity index (χ0v) is 13.8. The fraction of sp³-hybridized carbons (Fsp3) is 0.500. The summed E-state index contributed by atoms with van der Waals surface area (Å²) in [4.78, 5) is -0.649. The maximum absolute atomic E-state index is 14.0. The quantitative estimate of drug-likeness (QED) is 0.401. The van der Waals surface area contributed by atoms with Crippen LogP contribution in [0.2, 0.25) is 0 Å². The highest BCUT2D eigenvalue weighted by Gasteiger charge is 2.26. The molecule has 0 aromatic heterocycles. The van der Waals surface area contributed by atoms with Crippen LogP contribution in [0.3, 0.4) is 0 Å². The molecule has 0 spiro atoms. The van der Waals surface area contributed by atoms with Gasteiger partial charge >= 0.3 is 0 Å². The third kappa shape index (κ3) is 4.26. The van der Waals surface area contributed by atoms with E-state index in [0.29, 0.717) is 18.2 Å². The van der Waals surface area contributed by atoms with Gasteiger partial charge in [-0.3, -0.25) is 0 Å². The molecular formula is C16H21F4NS. The van der Waals surface area contributed by atoms with Gasteiger partial charge in [-0.2, -0.15) is 0 Å². The van der Waals surface area contributed by atoms with Crippen LogP contribution >= 0.6 is 11.8 Å². The molecule has 1 aromatic rings. The van der Waals surface area contributed by atoms with Crippen molar-refractivity contribution < 1.29 is 17.6 Å². The summed E-state index contributed by atoms with van der Waals surface area (Å²) in [6, 6.07) is 0.128. The SMILES string of the molecule is C=C(CCC(C)NCCC)c1c(F)c(F)c(SC)c(F)c1F. The van der Waals surface area contributed by atoms with E-state index in [-0.39, 0.29) is 18.0 Å². The number of nitrogens with one attached hydrogen (secondary N) is 1. The fourth-order valence-electron chi connectivity index (χ4n) is 2.11. The Kier molecular flexibility index (Phi) is 7.42. The topological polar surface area (TPSA) is 12.0 Å². The van der Waals surface area contributed by atoms with Crippen LogP contribution in [0.25, 0.3) is 5.57 Å². The molecular weight excluding hydrogens is 314 g/mol. The molecule has 1 atom stereocenters. The molecule has 0 aliphatic heterocycles. The summed E-state index contributed by atoms with van der Waals surface area (Å²) < 4.78 is 55.5. The zero-order valence-electron chi connectivity index (χ0n) is 13.0. The summed E-state index contributed by atoms with van der Waals surface area (Å²) in [5, 5.41) is 3.23. The maximum Gasteiger partial charge on any atom is 0.176 e. The van der Waals surface area contributed by atoms with E-state index in [0.717, 1.165) is 13.0 Å². The predicted octanol–water partition coefficient (Wildman–Crippen LogP) is 5.15. The second-order valence-corrected chi connectivity index (χ2v) is 5.98. The van der Waals surface area contributed by atoms with E-state index >= 15 is 0 Å². The monoisotopic (exact) mass is 335 g/mol. The summed E-state index contributed by atoms with van der Waals surface area (Å²) >= 11 is 0.628. The molecule has 6 heteroatoms. The lowest BCUT2D eigenvalue weighted by molar-refractivity contribution is 0.422. The summed E-state index contributed by atoms with van der Waals surface area (Å²) in [5.41, 5.74) is -0.624. The van der Waals surface area contributed by atoms with Gasteiger partial charge in [0.15, 0.2) is 23.3 Å². The number of hydrogen-bond acceptors (Lipinski definition) is 2. The first-order chi connectivity index (χ1) is 10.3. The highest BCUT2D eigenvalue weighted by atomic mass is 32.2. The average Bonchev–Trinajstić information content (AvgIpc) is 2.49. The Morgan fingerprint density at radius 1 is 1.14 bits per heavy atom. The molecule has 1 nitrogen and oxygen atoms in total. The van der Waals surface area contributed by atoms with Gasteiger partial charge in [-0.25, -0.2) is 17.6 Å². The van der Waals surface area contributed by atoms with Gasteiger partial charge in [0.1, 0.15) is 0 Å². The van der Waals surface area contributed by atoms with E-state index in [9.17, 15) is 17.6 Å². The number of hydrogen-bond donors (Lipinski definition) is 1. The molecule has 124 valence electrons.